The van der Waals surface area contributed by atoms with Gasteiger partial charge in [0.25, 0.3) is 0 Å². The Kier molecular flexibility index (Phi) is 3.92. The molecule has 1 aliphatic carbocycles. The molecular weight excluding hydrogens is 327 g/mol. The van der Waals surface area contributed by atoms with Crippen LogP contribution in [0.4, 0.5) is 14.5 Å². The fourth-order valence-corrected chi connectivity index (χ4v) is 2.52. The molecule has 1 aliphatic rings. The molecule has 0 aromatic heterocycles. The minimum Gasteiger partial charge on any atom is -0.325 e. The Balaban J connectivity index is 2.06. The predicted molar refractivity (Wildman–Crippen MR) is 70.1 cm³/mol. The van der Waals surface area contributed by atoms with Crippen LogP contribution in [0, 0.1) is 5.92 Å². The second-order valence-corrected chi connectivity index (χ2v) is 5.70. The molecule has 0 radical (unpaired) electrons. The molecule has 6 heteroatoms. The quantitative estimate of drug-likeness (QED) is 0.846. The molecule has 1 aromatic carbocycles. The van der Waals surface area contributed by atoms with Gasteiger partial charge in [0.05, 0.1) is 5.69 Å². The van der Waals surface area contributed by atoms with Crippen LogP contribution in [0.5, 0.6) is 0 Å². The highest BCUT2D eigenvalue weighted by atomic mass is 79.9. The van der Waals surface area contributed by atoms with Gasteiger partial charge in [0, 0.05) is 28.3 Å². The van der Waals surface area contributed by atoms with E-state index < -0.39 is 11.8 Å². The highest BCUT2D eigenvalue weighted by Crippen LogP contribution is 2.39. The summed E-state index contributed by atoms with van der Waals surface area (Å²) in [6.45, 7) is 0. The fraction of sp³-hybridized carbons (Fsp3) is 0.417. The molecule has 0 aliphatic heterocycles. The van der Waals surface area contributed by atoms with Crippen molar-refractivity contribution in [3.8, 4) is 0 Å². The van der Waals surface area contributed by atoms with E-state index in [1.54, 1.807) is 18.2 Å². The largest absolute Gasteiger partial charge is 0.325 e. The number of hydrogen-bond acceptors (Lipinski definition) is 1. The van der Waals surface area contributed by atoms with Gasteiger partial charge in [-0.25, -0.2) is 8.78 Å². The van der Waals surface area contributed by atoms with E-state index in [1.165, 1.54) is 0 Å². The number of carbonyl (C=O) groups is 1. The number of anilines is 1. The van der Waals surface area contributed by atoms with Crippen molar-refractivity contribution in [2.24, 2.45) is 5.92 Å². The van der Waals surface area contributed by atoms with Crippen LogP contribution in [0.2, 0.25) is 5.02 Å². The van der Waals surface area contributed by atoms with Crippen molar-refractivity contribution in [3.63, 3.8) is 0 Å². The molecule has 98 valence electrons. The van der Waals surface area contributed by atoms with E-state index in [-0.39, 0.29) is 25.2 Å². The third-order valence-electron chi connectivity index (χ3n) is 2.96. The summed E-state index contributed by atoms with van der Waals surface area (Å²) in [7, 11) is 0. The van der Waals surface area contributed by atoms with Crippen LogP contribution >= 0.6 is 27.5 Å². The van der Waals surface area contributed by atoms with E-state index >= 15 is 0 Å². The lowest BCUT2D eigenvalue weighted by Crippen LogP contribution is -2.22. The third-order valence-corrected chi connectivity index (χ3v) is 3.89. The first kappa shape index (κ1) is 13.7. The first-order valence-corrected chi connectivity index (χ1v) is 6.68. The minimum atomic E-state index is -2.71. The number of benzene rings is 1. The Labute approximate surface area is 117 Å². The summed E-state index contributed by atoms with van der Waals surface area (Å²) in [5, 5.41) is 3.10. The molecule has 18 heavy (non-hydrogen) atoms. The second kappa shape index (κ2) is 5.13. The van der Waals surface area contributed by atoms with Crippen molar-refractivity contribution < 1.29 is 13.6 Å². The van der Waals surface area contributed by atoms with Gasteiger partial charge in [0.1, 0.15) is 0 Å². The lowest BCUT2D eigenvalue weighted by molar-refractivity contribution is -0.120. The number of hydrogen-bond donors (Lipinski definition) is 1. The zero-order chi connectivity index (χ0) is 13.3. The lowest BCUT2D eigenvalue weighted by Gasteiger charge is -2.12. The first-order valence-electron chi connectivity index (χ1n) is 5.51. The van der Waals surface area contributed by atoms with Gasteiger partial charge in [-0.3, -0.25) is 4.79 Å². The van der Waals surface area contributed by atoms with Gasteiger partial charge in [0.2, 0.25) is 11.8 Å². The maximum Gasteiger partial charge on any atom is 0.248 e. The summed E-state index contributed by atoms with van der Waals surface area (Å²) in [4.78, 5) is 11.9. The smallest absolute Gasteiger partial charge is 0.248 e. The van der Waals surface area contributed by atoms with Gasteiger partial charge in [-0.05, 0) is 40.5 Å². The number of carbonyl (C=O) groups excluding carboxylic acids is 1. The van der Waals surface area contributed by atoms with Crippen molar-refractivity contribution in [2.75, 3.05) is 5.32 Å². The fourth-order valence-electron chi connectivity index (χ4n) is 2.00. The third kappa shape index (κ3) is 3.20. The van der Waals surface area contributed by atoms with E-state index in [1.807, 2.05) is 0 Å². The summed E-state index contributed by atoms with van der Waals surface area (Å²) < 4.78 is 26.7. The van der Waals surface area contributed by atoms with Crippen LogP contribution in [0.25, 0.3) is 0 Å². The van der Waals surface area contributed by atoms with Crippen molar-refractivity contribution >= 4 is 39.1 Å². The molecule has 1 unspecified atom stereocenters. The summed E-state index contributed by atoms with van der Waals surface area (Å²) >= 11 is 9.08. The van der Waals surface area contributed by atoms with Crippen LogP contribution in [0.15, 0.2) is 22.7 Å². The van der Waals surface area contributed by atoms with Crippen molar-refractivity contribution in [1.29, 1.82) is 0 Å². The number of amides is 1. The Bertz CT molecular complexity index is 481. The monoisotopic (exact) mass is 337 g/mol. The number of rotatable bonds is 2. The maximum absolute atomic E-state index is 13.0. The Morgan fingerprint density at radius 3 is 2.83 bits per heavy atom. The van der Waals surface area contributed by atoms with Crippen LogP contribution < -0.4 is 5.32 Å². The van der Waals surface area contributed by atoms with Crippen molar-refractivity contribution in [2.45, 2.75) is 25.2 Å². The van der Waals surface area contributed by atoms with Crippen LogP contribution in [0.3, 0.4) is 0 Å². The van der Waals surface area contributed by atoms with Gasteiger partial charge in [-0.15, -0.1) is 0 Å². The number of nitrogens with one attached hydrogen (secondary N) is 1. The van der Waals surface area contributed by atoms with Crippen LogP contribution in [0.1, 0.15) is 19.3 Å². The van der Waals surface area contributed by atoms with E-state index in [0.717, 1.165) is 0 Å². The van der Waals surface area contributed by atoms with Crippen LogP contribution in [-0.2, 0) is 4.79 Å². The molecular formula is C12H11BrClF2NO. The molecule has 1 amide bonds. The highest BCUT2D eigenvalue weighted by Gasteiger charge is 2.42. The molecule has 2 nitrogen and oxygen atoms in total. The SMILES string of the molecule is O=C(Nc1cc(Cl)ccc1Br)C1CCC(F)(F)C1. The Morgan fingerprint density at radius 1 is 1.50 bits per heavy atom. The Hall–Kier alpha value is -0.680. The summed E-state index contributed by atoms with van der Waals surface area (Å²) in [6, 6.07) is 4.95. The number of alkyl halides is 2. The van der Waals surface area contributed by atoms with Crippen molar-refractivity contribution in [3.05, 3.63) is 27.7 Å². The molecule has 1 atom stereocenters. The van der Waals surface area contributed by atoms with Gasteiger partial charge >= 0.3 is 0 Å². The molecule has 0 heterocycles. The van der Waals surface area contributed by atoms with E-state index in [0.29, 0.717) is 15.2 Å². The first-order chi connectivity index (χ1) is 8.37. The Morgan fingerprint density at radius 2 is 2.22 bits per heavy atom. The highest BCUT2D eigenvalue weighted by molar-refractivity contribution is 9.10. The van der Waals surface area contributed by atoms with Gasteiger partial charge in [0.15, 0.2) is 0 Å². The predicted octanol–water partition coefficient (Wildman–Crippen LogP) is 4.48. The number of halogens is 4. The molecule has 1 saturated carbocycles. The summed E-state index contributed by atoms with van der Waals surface area (Å²) in [5.41, 5.74) is 0.503. The average Bonchev–Trinajstić information content (AvgIpc) is 2.64. The zero-order valence-electron chi connectivity index (χ0n) is 9.35. The van der Waals surface area contributed by atoms with Gasteiger partial charge in [-0.2, -0.15) is 0 Å². The molecule has 0 saturated heterocycles. The zero-order valence-corrected chi connectivity index (χ0v) is 11.7. The van der Waals surface area contributed by atoms with Crippen LogP contribution in [-0.4, -0.2) is 11.8 Å². The molecule has 2 rings (SSSR count). The standard InChI is InChI=1S/C12H11BrClF2NO/c13-9-2-1-8(14)5-10(9)17-11(18)7-3-4-12(15,16)6-7/h1-2,5,7H,3-4,6H2,(H,17,18). The van der Waals surface area contributed by atoms with E-state index in [9.17, 15) is 13.6 Å². The van der Waals surface area contributed by atoms with E-state index in [4.69, 9.17) is 11.6 Å². The minimum absolute atomic E-state index is 0.219. The van der Waals surface area contributed by atoms with E-state index in [2.05, 4.69) is 21.2 Å². The van der Waals surface area contributed by atoms with Crippen molar-refractivity contribution in [1.82, 2.24) is 0 Å². The molecule has 1 aromatic rings. The molecule has 0 spiro atoms. The topological polar surface area (TPSA) is 29.1 Å². The molecule has 1 fully saturated rings. The second-order valence-electron chi connectivity index (χ2n) is 4.41. The van der Waals surface area contributed by atoms with Gasteiger partial charge < -0.3 is 5.32 Å². The normalized spacial score (nSPS) is 21.9. The molecule has 1 N–H and O–H groups in total. The maximum atomic E-state index is 13.0. The summed E-state index contributed by atoms with van der Waals surface area (Å²) in [5.74, 6) is -3.73. The lowest BCUT2D eigenvalue weighted by atomic mass is 10.1. The van der Waals surface area contributed by atoms with Gasteiger partial charge in [-0.1, -0.05) is 11.6 Å². The summed E-state index contributed by atoms with van der Waals surface area (Å²) in [6.07, 6.45) is -0.379. The average molecular weight is 339 g/mol. The molecule has 0 bridgehead atoms.